The molecule has 1 aromatic rings. The van der Waals surface area contributed by atoms with Crippen LogP contribution < -0.4 is 5.73 Å². The van der Waals surface area contributed by atoms with Gasteiger partial charge in [0.1, 0.15) is 30.5 Å². The average Bonchev–Trinajstić information content (AvgIpc) is 2.60. The summed E-state index contributed by atoms with van der Waals surface area (Å²) in [7, 11) is 0. The summed E-state index contributed by atoms with van der Waals surface area (Å²) in [4.78, 5) is 20.3. The number of carbonyl (C=O) groups is 2. The summed E-state index contributed by atoms with van der Waals surface area (Å²) < 4.78 is 0. The van der Waals surface area contributed by atoms with Gasteiger partial charge in [-0.25, -0.2) is 0 Å². The number of hydrogen-bond acceptors (Lipinski definition) is 8. The van der Waals surface area contributed by atoms with Gasteiger partial charge in [0.2, 0.25) is 0 Å². The fraction of sp³-hybridized carbons (Fsp3) is 0.467. The van der Waals surface area contributed by atoms with Crippen LogP contribution >= 0.6 is 0 Å². The number of rotatable bonds is 8. The smallest absolute Gasteiger partial charge is 0.320 e. The fourth-order valence-corrected chi connectivity index (χ4v) is 1.57. The van der Waals surface area contributed by atoms with Gasteiger partial charge in [-0.05, 0) is 12.0 Å². The molecule has 1 aromatic carbocycles. The third kappa shape index (κ3) is 8.11. The molecule has 0 aromatic heterocycles. The molecule has 0 saturated carbocycles. The molecule has 0 fully saturated rings. The van der Waals surface area contributed by atoms with Gasteiger partial charge in [0, 0.05) is 0 Å². The van der Waals surface area contributed by atoms with Gasteiger partial charge in [0.25, 0.3) is 0 Å². The van der Waals surface area contributed by atoms with E-state index in [0.717, 1.165) is 5.56 Å². The average molecular weight is 345 g/mol. The van der Waals surface area contributed by atoms with Gasteiger partial charge >= 0.3 is 5.97 Å². The number of carboxylic acid groups (broad SMARTS) is 1. The third-order valence-corrected chi connectivity index (χ3v) is 3.04. The Morgan fingerprint density at radius 2 is 1.62 bits per heavy atom. The molecule has 9 heteroatoms. The number of hydrogen-bond donors (Lipinski definition) is 7. The van der Waals surface area contributed by atoms with Crippen molar-refractivity contribution in [3.8, 4) is 0 Å². The standard InChI is InChI=1S/C9H11NO2.C6H12O6/c10-8(9(11)12)6-7-4-2-1-3-5-7;7-1-3(9)5(11)6(12)4(10)2-8/h1-5,8H,6,10H2,(H,11,12);1,3-6,8-12H,2H2. The molecule has 9 nitrogen and oxygen atoms in total. The zero-order chi connectivity index (χ0) is 18.7. The highest BCUT2D eigenvalue weighted by atomic mass is 16.4. The third-order valence-electron chi connectivity index (χ3n) is 3.04. The van der Waals surface area contributed by atoms with Crippen LogP contribution in [-0.2, 0) is 16.0 Å². The normalized spacial score (nSPS) is 16.8. The molecular formula is C15H23NO8. The molecule has 0 aliphatic rings. The summed E-state index contributed by atoms with van der Waals surface area (Å²) in [5.41, 5.74) is 6.30. The lowest BCUT2D eigenvalue weighted by Gasteiger charge is -2.22. The molecular weight excluding hydrogens is 322 g/mol. The lowest BCUT2D eigenvalue weighted by Crippen LogP contribution is -2.46. The second-order valence-corrected chi connectivity index (χ2v) is 4.99. The minimum absolute atomic E-state index is 0.0258. The largest absolute Gasteiger partial charge is 0.480 e. The van der Waals surface area contributed by atoms with Crippen LogP contribution in [-0.4, -0.2) is 80.0 Å². The maximum Gasteiger partial charge on any atom is 0.320 e. The molecule has 0 radical (unpaired) electrons. The fourth-order valence-electron chi connectivity index (χ4n) is 1.57. The Balaban J connectivity index is 0.000000441. The quantitative estimate of drug-likeness (QED) is 0.246. The van der Waals surface area contributed by atoms with E-state index in [-0.39, 0.29) is 6.29 Å². The highest BCUT2D eigenvalue weighted by Gasteiger charge is 2.29. The van der Waals surface area contributed by atoms with Gasteiger partial charge < -0.3 is 41.2 Å². The van der Waals surface area contributed by atoms with Crippen LogP contribution in [0.2, 0.25) is 0 Å². The van der Waals surface area contributed by atoms with E-state index in [1.807, 2.05) is 30.3 Å². The minimum Gasteiger partial charge on any atom is -0.480 e. The van der Waals surface area contributed by atoms with Crippen molar-refractivity contribution in [2.24, 2.45) is 5.73 Å². The summed E-state index contributed by atoms with van der Waals surface area (Å²) in [5, 5.41) is 52.1. The number of aliphatic carboxylic acids is 1. The first-order valence-electron chi connectivity index (χ1n) is 7.05. The van der Waals surface area contributed by atoms with E-state index in [4.69, 9.17) is 36.4 Å². The van der Waals surface area contributed by atoms with Crippen LogP contribution in [0.4, 0.5) is 0 Å². The Bertz CT molecular complexity index is 484. The molecule has 0 spiro atoms. The zero-order valence-corrected chi connectivity index (χ0v) is 12.8. The Hall–Kier alpha value is -1.88. The first-order chi connectivity index (χ1) is 11.2. The number of nitrogens with two attached hydrogens (primary N) is 1. The molecule has 0 aliphatic heterocycles. The number of aldehydes is 1. The van der Waals surface area contributed by atoms with Crippen molar-refractivity contribution in [2.45, 2.75) is 36.9 Å². The summed E-state index contributed by atoms with van der Waals surface area (Å²) >= 11 is 0. The monoisotopic (exact) mass is 345 g/mol. The van der Waals surface area contributed by atoms with Crippen molar-refractivity contribution in [2.75, 3.05) is 6.61 Å². The van der Waals surface area contributed by atoms with Crippen LogP contribution in [0.5, 0.6) is 0 Å². The van der Waals surface area contributed by atoms with Gasteiger partial charge in [-0.2, -0.15) is 0 Å². The van der Waals surface area contributed by atoms with Crippen molar-refractivity contribution in [3.63, 3.8) is 0 Å². The summed E-state index contributed by atoms with van der Waals surface area (Å²) in [6, 6.07) is 8.54. The molecule has 0 aliphatic carbocycles. The first kappa shape index (κ1) is 22.1. The first-order valence-corrected chi connectivity index (χ1v) is 7.05. The van der Waals surface area contributed by atoms with E-state index in [2.05, 4.69) is 0 Å². The molecule has 1 rings (SSSR count). The lowest BCUT2D eigenvalue weighted by molar-refractivity contribution is -0.138. The second-order valence-electron chi connectivity index (χ2n) is 4.99. The van der Waals surface area contributed by atoms with E-state index < -0.39 is 43.0 Å². The lowest BCUT2D eigenvalue weighted by atomic mass is 10.0. The Labute approximate surface area is 138 Å². The highest BCUT2D eigenvalue weighted by Crippen LogP contribution is 2.03. The van der Waals surface area contributed by atoms with Crippen molar-refractivity contribution in [1.29, 1.82) is 0 Å². The molecule has 24 heavy (non-hydrogen) atoms. The van der Waals surface area contributed by atoms with E-state index in [1.165, 1.54) is 0 Å². The summed E-state index contributed by atoms with van der Waals surface area (Å²) in [6.45, 7) is -0.760. The van der Waals surface area contributed by atoms with Crippen molar-refractivity contribution in [1.82, 2.24) is 0 Å². The zero-order valence-electron chi connectivity index (χ0n) is 12.8. The van der Waals surface area contributed by atoms with Crippen LogP contribution in [0.15, 0.2) is 30.3 Å². The molecule has 0 heterocycles. The minimum atomic E-state index is -1.79. The maximum absolute atomic E-state index is 10.4. The molecule has 0 amide bonds. The Morgan fingerprint density at radius 3 is 2.04 bits per heavy atom. The SMILES string of the molecule is NC(Cc1ccccc1)C(=O)O.O=CC(O)C(O)C(O)C(O)CO. The van der Waals surface area contributed by atoms with Gasteiger partial charge in [-0.1, -0.05) is 30.3 Å². The van der Waals surface area contributed by atoms with Crippen molar-refractivity contribution < 1.29 is 40.2 Å². The van der Waals surface area contributed by atoms with Gasteiger partial charge in [-0.3, -0.25) is 4.79 Å². The van der Waals surface area contributed by atoms with E-state index >= 15 is 0 Å². The number of benzene rings is 1. The number of aliphatic hydroxyl groups excluding tert-OH is 5. The van der Waals surface area contributed by atoms with E-state index in [0.29, 0.717) is 6.42 Å². The molecule has 8 N–H and O–H groups in total. The topological polar surface area (TPSA) is 182 Å². The van der Waals surface area contributed by atoms with E-state index in [9.17, 15) is 9.59 Å². The predicted molar refractivity (Wildman–Crippen MR) is 82.9 cm³/mol. The number of carbonyl (C=O) groups excluding carboxylic acids is 1. The molecule has 0 saturated heterocycles. The number of aliphatic hydroxyl groups is 5. The Morgan fingerprint density at radius 1 is 1.08 bits per heavy atom. The van der Waals surface area contributed by atoms with Crippen LogP contribution in [0.3, 0.4) is 0 Å². The van der Waals surface area contributed by atoms with Gasteiger partial charge in [0.05, 0.1) is 6.61 Å². The van der Waals surface area contributed by atoms with Crippen LogP contribution in [0.1, 0.15) is 5.56 Å². The van der Waals surface area contributed by atoms with Gasteiger partial charge in [-0.15, -0.1) is 0 Å². The summed E-state index contributed by atoms with van der Waals surface area (Å²) in [6.07, 6.45) is -6.45. The summed E-state index contributed by atoms with van der Waals surface area (Å²) in [5.74, 6) is -0.959. The van der Waals surface area contributed by atoms with Crippen molar-refractivity contribution in [3.05, 3.63) is 35.9 Å². The van der Waals surface area contributed by atoms with Crippen LogP contribution in [0.25, 0.3) is 0 Å². The van der Waals surface area contributed by atoms with Crippen LogP contribution in [0, 0.1) is 0 Å². The predicted octanol–water partition coefficient (Wildman–Crippen LogP) is -2.74. The molecule has 0 bridgehead atoms. The maximum atomic E-state index is 10.4. The second kappa shape index (κ2) is 11.6. The molecule has 5 unspecified atom stereocenters. The Kier molecular flexibility index (Phi) is 10.7. The molecule has 136 valence electrons. The van der Waals surface area contributed by atoms with Gasteiger partial charge in [0.15, 0.2) is 6.29 Å². The highest BCUT2D eigenvalue weighted by molar-refractivity contribution is 5.73. The number of carboxylic acids is 1. The molecule has 5 atom stereocenters. The van der Waals surface area contributed by atoms with Crippen molar-refractivity contribution >= 4 is 12.3 Å². The van der Waals surface area contributed by atoms with E-state index in [1.54, 1.807) is 0 Å².